The van der Waals surface area contributed by atoms with Crippen LogP contribution in [0.25, 0.3) is 0 Å². The van der Waals surface area contributed by atoms with E-state index in [-0.39, 0.29) is 0 Å². The first kappa shape index (κ1) is 12.7. The number of aliphatic hydroxyl groups excluding tert-OH is 2. The van der Waals surface area contributed by atoms with Gasteiger partial charge < -0.3 is 10.2 Å². The number of hydrogen-bond acceptors (Lipinski definition) is 2. The molecule has 0 spiro atoms. The lowest BCUT2D eigenvalue weighted by Gasteiger charge is -1.90. The lowest BCUT2D eigenvalue weighted by molar-refractivity contribution is 0.138. The van der Waals surface area contributed by atoms with Gasteiger partial charge in [0.1, 0.15) is 6.10 Å². The molecule has 0 saturated carbocycles. The molecule has 1 unspecified atom stereocenters. The summed E-state index contributed by atoms with van der Waals surface area (Å²) in [6.45, 7) is 1.28. The average molecular weight is 196 g/mol. The minimum absolute atomic E-state index is 0.401. The molecule has 0 bridgehead atoms. The van der Waals surface area contributed by atoms with Gasteiger partial charge in [-0.25, -0.2) is 0 Å². The molecule has 72 valence electrons. The van der Waals surface area contributed by atoms with Gasteiger partial charge in [0.2, 0.25) is 0 Å². The normalized spacial score (nSPS) is 7.67. The Balaban J connectivity index is 4.14. The van der Waals surface area contributed by atoms with Crippen LogP contribution in [0.1, 0.15) is 6.92 Å². The second-order valence-corrected chi connectivity index (χ2v) is 2.09. The molecule has 2 heteroatoms. The van der Waals surface area contributed by atoms with Gasteiger partial charge in [-0.2, -0.15) is 0 Å². The Hall–Kier alpha value is -2.28. The molecule has 0 heterocycles. The Labute approximate surface area is 89.7 Å². The molecule has 0 aliphatic rings. The SMILES string of the molecule is CC#CC#CC#CC#CC#CC(O)CO. The van der Waals surface area contributed by atoms with Gasteiger partial charge in [-0.15, -0.1) is 0 Å². The van der Waals surface area contributed by atoms with Crippen molar-refractivity contribution in [2.75, 3.05) is 6.61 Å². The lowest BCUT2D eigenvalue weighted by atomic mass is 10.4. The zero-order chi connectivity index (χ0) is 11.4. The van der Waals surface area contributed by atoms with Gasteiger partial charge in [-0.05, 0) is 54.3 Å². The molecule has 0 aliphatic heterocycles. The van der Waals surface area contributed by atoms with Crippen molar-refractivity contribution in [1.82, 2.24) is 0 Å². The highest BCUT2D eigenvalue weighted by Gasteiger charge is 1.90. The van der Waals surface area contributed by atoms with Crippen LogP contribution in [0.4, 0.5) is 0 Å². The number of rotatable bonds is 1. The van der Waals surface area contributed by atoms with Crippen LogP contribution in [-0.4, -0.2) is 22.9 Å². The fourth-order valence-electron chi connectivity index (χ4n) is 0.415. The molecule has 0 aromatic heterocycles. The molecule has 2 N–H and O–H groups in total. The first-order valence-electron chi connectivity index (χ1n) is 4.02. The average Bonchev–Trinajstić information content (AvgIpc) is 2.26. The van der Waals surface area contributed by atoms with Crippen LogP contribution in [0.2, 0.25) is 0 Å². The van der Waals surface area contributed by atoms with E-state index >= 15 is 0 Å². The Morgan fingerprint density at radius 3 is 1.80 bits per heavy atom. The molecule has 0 aliphatic carbocycles. The van der Waals surface area contributed by atoms with Gasteiger partial charge in [0.15, 0.2) is 0 Å². The van der Waals surface area contributed by atoms with Crippen LogP contribution in [0, 0.1) is 59.2 Å². The molecule has 0 fully saturated rings. The summed E-state index contributed by atoms with van der Waals surface area (Å²) in [4.78, 5) is 0. The first-order chi connectivity index (χ1) is 7.31. The number of aliphatic hydroxyl groups is 2. The smallest absolute Gasteiger partial charge is 0.138 e. The quantitative estimate of drug-likeness (QED) is 0.548. The van der Waals surface area contributed by atoms with Gasteiger partial charge in [-0.1, -0.05) is 11.8 Å². The van der Waals surface area contributed by atoms with E-state index in [0.717, 1.165) is 0 Å². The minimum atomic E-state index is -1.05. The summed E-state index contributed by atoms with van der Waals surface area (Å²) in [5.41, 5.74) is 0. The molecule has 0 radical (unpaired) electrons. The van der Waals surface area contributed by atoms with Crippen LogP contribution in [0.3, 0.4) is 0 Å². The van der Waals surface area contributed by atoms with E-state index in [0.29, 0.717) is 0 Å². The van der Waals surface area contributed by atoms with Crippen molar-refractivity contribution in [1.29, 1.82) is 0 Å². The summed E-state index contributed by atoms with van der Waals surface area (Å²) in [7, 11) is 0. The zero-order valence-corrected chi connectivity index (χ0v) is 8.18. The van der Waals surface area contributed by atoms with Gasteiger partial charge in [-0.3, -0.25) is 0 Å². The van der Waals surface area contributed by atoms with Crippen LogP contribution < -0.4 is 0 Å². The third-order valence-corrected chi connectivity index (χ3v) is 0.974. The highest BCUT2D eigenvalue weighted by atomic mass is 16.3. The van der Waals surface area contributed by atoms with Gasteiger partial charge >= 0.3 is 0 Å². The second-order valence-electron chi connectivity index (χ2n) is 2.09. The van der Waals surface area contributed by atoms with Crippen molar-refractivity contribution in [3.8, 4) is 59.2 Å². The molecule has 0 amide bonds. The van der Waals surface area contributed by atoms with Gasteiger partial charge in [0.25, 0.3) is 0 Å². The summed E-state index contributed by atoms with van der Waals surface area (Å²) >= 11 is 0. The van der Waals surface area contributed by atoms with Crippen molar-refractivity contribution in [2.24, 2.45) is 0 Å². The van der Waals surface area contributed by atoms with E-state index in [1.165, 1.54) is 0 Å². The van der Waals surface area contributed by atoms with E-state index < -0.39 is 12.7 Å². The fourth-order valence-corrected chi connectivity index (χ4v) is 0.415. The molecular weight excluding hydrogens is 188 g/mol. The summed E-state index contributed by atoms with van der Waals surface area (Å²) < 4.78 is 0. The van der Waals surface area contributed by atoms with Crippen molar-refractivity contribution in [3.63, 3.8) is 0 Å². The summed E-state index contributed by atoms with van der Waals surface area (Å²) in [5.74, 6) is 24.4. The maximum absolute atomic E-state index is 8.79. The monoisotopic (exact) mass is 196 g/mol. The molecule has 15 heavy (non-hydrogen) atoms. The molecule has 0 aromatic rings. The summed E-state index contributed by atoms with van der Waals surface area (Å²) in [5, 5.41) is 17.2. The van der Waals surface area contributed by atoms with Crippen LogP contribution in [-0.2, 0) is 0 Å². The fraction of sp³-hybridized carbons (Fsp3) is 0.231. The Morgan fingerprint density at radius 1 is 0.867 bits per heavy atom. The maximum atomic E-state index is 8.79. The molecule has 2 nitrogen and oxygen atoms in total. The third-order valence-electron chi connectivity index (χ3n) is 0.974. The minimum Gasteiger partial charge on any atom is -0.393 e. The van der Waals surface area contributed by atoms with Crippen LogP contribution in [0.5, 0.6) is 0 Å². The van der Waals surface area contributed by atoms with Crippen molar-refractivity contribution < 1.29 is 10.2 Å². The molecule has 0 saturated heterocycles. The predicted octanol–water partition coefficient (Wildman–Crippen LogP) is -0.623. The van der Waals surface area contributed by atoms with E-state index in [1.807, 2.05) is 0 Å². The van der Waals surface area contributed by atoms with Crippen molar-refractivity contribution in [2.45, 2.75) is 13.0 Å². The molecule has 0 aromatic carbocycles. The Bertz CT molecular complexity index is 487. The van der Waals surface area contributed by atoms with Crippen molar-refractivity contribution >= 4 is 0 Å². The standard InChI is InChI=1S/C13H8O2/c1-2-3-4-5-6-7-8-9-10-11-13(15)12-14/h13-15H,12H2,1H3. The molecule has 1 atom stereocenters. The largest absolute Gasteiger partial charge is 0.393 e. The van der Waals surface area contributed by atoms with Gasteiger partial charge in [0.05, 0.1) is 6.61 Å². The van der Waals surface area contributed by atoms with E-state index in [9.17, 15) is 0 Å². The number of hydrogen-bond donors (Lipinski definition) is 2. The third kappa shape index (κ3) is 9.64. The van der Waals surface area contributed by atoms with Crippen LogP contribution >= 0.6 is 0 Å². The van der Waals surface area contributed by atoms with E-state index in [4.69, 9.17) is 10.2 Å². The Kier molecular flexibility index (Phi) is 8.31. The lowest BCUT2D eigenvalue weighted by Crippen LogP contribution is -2.07. The first-order valence-corrected chi connectivity index (χ1v) is 4.02. The predicted molar refractivity (Wildman–Crippen MR) is 57.6 cm³/mol. The van der Waals surface area contributed by atoms with E-state index in [1.54, 1.807) is 6.92 Å². The van der Waals surface area contributed by atoms with Crippen LogP contribution in [0.15, 0.2) is 0 Å². The Morgan fingerprint density at radius 2 is 1.33 bits per heavy atom. The highest BCUT2D eigenvalue weighted by molar-refractivity contribution is 5.42. The summed E-state index contributed by atoms with van der Waals surface area (Å²) in [6.07, 6.45) is -1.05. The highest BCUT2D eigenvalue weighted by Crippen LogP contribution is 1.72. The maximum Gasteiger partial charge on any atom is 0.138 e. The topological polar surface area (TPSA) is 40.5 Å². The molecular formula is C13H8O2. The molecule has 0 rings (SSSR count). The van der Waals surface area contributed by atoms with E-state index in [2.05, 4.69) is 59.2 Å². The second kappa shape index (κ2) is 9.81. The van der Waals surface area contributed by atoms with Gasteiger partial charge in [0, 0.05) is 0 Å². The summed E-state index contributed by atoms with van der Waals surface area (Å²) in [6, 6.07) is 0. The van der Waals surface area contributed by atoms with Crippen molar-refractivity contribution in [3.05, 3.63) is 0 Å². The zero-order valence-electron chi connectivity index (χ0n) is 8.18.